The zero-order valence-electron chi connectivity index (χ0n) is 9.49. The Morgan fingerprint density at radius 2 is 2.20 bits per heavy atom. The second kappa shape index (κ2) is 6.14. The van der Waals surface area contributed by atoms with Gasteiger partial charge in [0.25, 0.3) is 0 Å². The van der Waals surface area contributed by atoms with Crippen molar-refractivity contribution < 1.29 is 4.74 Å². The van der Waals surface area contributed by atoms with E-state index in [0.717, 1.165) is 25.2 Å². The predicted molar refractivity (Wildman–Crippen MR) is 63.9 cm³/mol. The number of rotatable bonds is 5. The monoisotopic (exact) mass is 202 g/mol. The number of aryl methyl sites for hydroxylation is 1. The number of terminal acetylenes is 1. The number of hydrogen-bond acceptors (Lipinski definition) is 1. The molecule has 1 nitrogen and oxygen atoms in total. The van der Waals surface area contributed by atoms with Crippen molar-refractivity contribution >= 4 is 0 Å². The fraction of sp³-hybridized carbons (Fsp3) is 0.429. The summed E-state index contributed by atoms with van der Waals surface area (Å²) in [5, 5.41) is 0. The first-order chi connectivity index (χ1) is 7.22. The molecule has 80 valence electrons. The van der Waals surface area contributed by atoms with Gasteiger partial charge in [-0.3, -0.25) is 0 Å². The number of benzene rings is 1. The molecule has 1 heteroatoms. The molecule has 0 unspecified atom stereocenters. The molecular weight excluding hydrogens is 184 g/mol. The average molecular weight is 202 g/mol. The molecule has 1 rings (SSSR count). The van der Waals surface area contributed by atoms with Crippen LogP contribution in [-0.2, 0) is 6.42 Å². The van der Waals surface area contributed by atoms with E-state index in [4.69, 9.17) is 11.2 Å². The molecule has 0 aromatic heterocycles. The van der Waals surface area contributed by atoms with Gasteiger partial charge in [0.05, 0.1) is 6.61 Å². The molecule has 0 fully saturated rings. The van der Waals surface area contributed by atoms with Crippen LogP contribution in [0.3, 0.4) is 0 Å². The van der Waals surface area contributed by atoms with Crippen LogP contribution in [0.2, 0.25) is 0 Å². The van der Waals surface area contributed by atoms with Gasteiger partial charge in [-0.15, -0.1) is 12.3 Å². The summed E-state index contributed by atoms with van der Waals surface area (Å²) in [5.74, 6) is 4.14. The SMILES string of the molecule is C#CCCc1cccc(OCC(C)C)c1. The minimum absolute atomic E-state index is 0.555. The quantitative estimate of drug-likeness (QED) is 0.666. The van der Waals surface area contributed by atoms with Gasteiger partial charge in [0.1, 0.15) is 5.75 Å². The summed E-state index contributed by atoms with van der Waals surface area (Å²) in [6.07, 6.45) is 6.94. The van der Waals surface area contributed by atoms with Gasteiger partial charge in [0.2, 0.25) is 0 Å². The zero-order chi connectivity index (χ0) is 11.1. The Balaban J connectivity index is 2.54. The molecule has 0 spiro atoms. The van der Waals surface area contributed by atoms with Crippen molar-refractivity contribution in [2.24, 2.45) is 5.92 Å². The molecule has 0 aliphatic heterocycles. The minimum Gasteiger partial charge on any atom is -0.493 e. The van der Waals surface area contributed by atoms with E-state index in [9.17, 15) is 0 Å². The van der Waals surface area contributed by atoms with E-state index >= 15 is 0 Å². The first-order valence-corrected chi connectivity index (χ1v) is 5.37. The summed E-state index contributed by atoms with van der Waals surface area (Å²) < 4.78 is 5.64. The number of hydrogen-bond donors (Lipinski definition) is 0. The van der Waals surface area contributed by atoms with Crippen LogP contribution in [0.1, 0.15) is 25.8 Å². The Kier molecular flexibility index (Phi) is 4.77. The summed E-state index contributed by atoms with van der Waals surface area (Å²) in [7, 11) is 0. The lowest BCUT2D eigenvalue weighted by atomic mass is 10.1. The van der Waals surface area contributed by atoms with E-state index in [1.54, 1.807) is 0 Å². The summed E-state index contributed by atoms with van der Waals surface area (Å²) >= 11 is 0. The maximum atomic E-state index is 5.64. The van der Waals surface area contributed by atoms with E-state index in [0.29, 0.717) is 5.92 Å². The van der Waals surface area contributed by atoms with Gasteiger partial charge in [0, 0.05) is 6.42 Å². The van der Waals surface area contributed by atoms with Crippen LogP contribution in [0, 0.1) is 18.3 Å². The van der Waals surface area contributed by atoms with Crippen LogP contribution in [0.5, 0.6) is 5.75 Å². The maximum Gasteiger partial charge on any atom is 0.119 e. The Hall–Kier alpha value is -1.42. The second-order valence-corrected chi connectivity index (χ2v) is 4.06. The van der Waals surface area contributed by atoms with Crippen LogP contribution in [0.15, 0.2) is 24.3 Å². The fourth-order valence-electron chi connectivity index (χ4n) is 1.27. The Morgan fingerprint density at radius 3 is 2.87 bits per heavy atom. The topological polar surface area (TPSA) is 9.23 Å². The van der Waals surface area contributed by atoms with Gasteiger partial charge in [-0.05, 0) is 30.0 Å². The highest BCUT2D eigenvalue weighted by Gasteiger charge is 1.98. The van der Waals surface area contributed by atoms with Crippen molar-refractivity contribution in [3.05, 3.63) is 29.8 Å². The van der Waals surface area contributed by atoms with Crippen LogP contribution in [-0.4, -0.2) is 6.61 Å². The second-order valence-electron chi connectivity index (χ2n) is 4.06. The normalized spacial score (nSPS) is 10.0. The largest absolute Gasteiger partial charge is 0.493 e. The molecule has 0 radical (unpaired) electrons. The lowest BCUT2D eigenvalue weighted by Crippen LogP contribution is -2.04. The van der Waals surface area contributed by atoms with Gasteiger partial charge in [-0.2, -0.15) is 0 Å². The van der Waals surface area contributed by atoms with E-state index in [1.807, 2.05) is 12.1 Å². The standard InChI is InChI=1S/C14H18O/c1-4-5-7-13-8-6-9-14(10-13)15-11-12(2)3/h1,6,8-10,12H,5,7,11H2,2-3H3. The highest BCUT2D eigenvalue weighted by Crippen LogP contribution is 2.15. The van der Waals surface area contributed by atoms with Crippen LogP contribution >= 0.6 is 0 Å². The third kappa shape index (κ3) is 4.56. The molecular formula is C14H18O. The third-order valence-corrected chi connectivity index (χ3v) is 2.04. The van der Waals surface area contributed by atoms with Crippen molar-refractivity contribution in [3.8, 4) is 18.1 Å². The van der Waals surface area contributed by atoms with Crippen LogP contribution in [0.4, 0.5) is 0 Å². The zero-order valence-corrected chi connectivity index (χ0v) is 9.49. The average Bonchev–Trinajstić information content (AvgIpc) is 2.24. The van der Waals surface area contributed by atoms with E-state index in [1.165, 1.54) is 5.56 Å². The Morgan fingerprint density at radius 1 is 1.40 bits per heavy atom. The van der Waals surface area contributed by atoms with Gasteiger partial charge in [-0.25, -0.2) is 0 Å². The van der Waals surface area contributed by atoms with E-state index in [-0.39, 0.29) is 0 Å². The summed E-state index contributed by atoms with van der Waals surface area (Å²) in [6.45, 7) is 5.04. The lowest BCUT2D eigenvalue weighted by molar-refractivity contribution is 0.271. The van der Waals surface area contributed by atoms with Gasteiger partial charge in [0.15, 0.2) is 0 Å². The molecule has 0 aliphatic rings. The summed E-state index contributed by atoms with van der Waals surface area (Å²) in [6, 6.07) is 8.16. The molecule has 1 aromatic carbocycles. The lowest BCUT2D eigenvalue weighted by Gasteiger charge is -2.09. The molecule has 1 aromatic rings. The van der Waals surface area contributed by atoms with E-state index in [2.05, 4.69) is 31.9 Å². The first kappa shape index (κ1) is 11.7. The first-order valence-electron chi connectivity index (χ1n) is 5.37. The van der Waals surface area contributed by atoms with Crippen LogP contribution in [0.25, 0.3) is 0 Å². The maximum absolute atomic E-state index is 5.64. The Labute approximate surface area is 92.5 Å². The minimum atomic E-state index is 0.555. The highest BCUT2D eigenvalue weighted by atomic mass is 16.5. The third-order valence-electron chi connectivity index (χ3n) is 2.04. The molecule has 15 heavy (non-hydrogen) atoms. The van der Waals surface area contributed by atoms with Crippen molar-refractivity contribution in [2.45, 2.75) is 26.7 Å². The molecule has 0 saturated carbocycles. The van der Waals surface area contributed by atoms with Gasteiger partial charge < -0.3 is 4.74 Å². The van der Waals surface area contributed by atoms with Gasteiger partial charge in [-0.1, -0.05) is 26.0 Å². The molecule has 0 atom stereocenters. The molecule has 0 saturated heterocycles. The smallest absolute Gasteiger partial charge is 0.119 e. The molecule has 0 N–H and O–H groups in total. The number of ether oxygens (including phenoxy) is 1. The molecule has 0 heterocycles. The fourth-order valence-corrected chi connectivity index (χ4v) is 1.27. The molecule has 0 amide bonds. The highest BCUT2D eigenvalue weighted by molar-refractivity contribution is 5.28. The molecule has 0 bridgehead atoms. The van der Waals surface area contributed by atoms with Crippen molar-refractivity contribution in [3.63, 3.8) is 0 Å². The van der Waals surface area contributed by atoms with E-state index < -0.39 is 0 Å². The predicted octanol–water partition coefficient (Wildman–Crippen LogP) is 3.29. The summed E-state index contributed by atoms with van der Waals surface area (Å²) in [5.41, 5.74) is 1.24. The molecule has 0 aliphatic carbocycles. The van der Waals surface area contributed by atoms with Crippen molar-refractivity contribution in [2.75, 3.05) is 6.61 Å². The van der Waals surface area contributed by atoms with Gasteiger partial charge >= 0.3 is 0 Å². The van der Waals surface area contributed by atoms with Crippen molar-refractivity contribution in [1.82, 2.24) is 0 Å². The Bertz CT molecular complexity index is 333. The summed E-state index contributed by atoms with van der Waals surface area (Å²) in [4.78, 5) is 0. The van der Waals surface area contributed by atoms with Crippen molar-refractivity contribution in [1.29, 1.82) is 0 Å². The van der Waals surface area contributed by atoms with Crippen LogP contribution < -0.4 is 4.74 Å².